The molecule has 1 unspecified atom stereocenters. The van der Waals surface area contributed by atoms with Crippen LogP contribution in [0.25, 0.3) is 11.1 Å². The number of amides is 1. The lowest BCUT2D eigenvalue weighted by Crippen LogP contribution is -2.49. The maximum absolute atomic E-state index is 14.0. The number of nitrogens with zero attached hydrogens (tertiary/aromatic N) is 2. The minimum absolute atomic E-state index is 0.183. The molecule has 0 spiro atoms. The van der Waals surface area contributed by atoms with Crippen molar-refractivity contribution in [3.05, 3.63) is 102 Å². The van der Waals surface area contributed by atoms with E-state index >= 15 is 0 Å². The lowest BCUT2D eigenvalue weighted by Gasteiger charge is -2.39. The summed E-state index contributed by atoms with van der Waals surface area (Å²) >= 11 is 7.12. The first-order valence-corrected chi connectivity index (χ1v) is 12.1. The van der Waals surface area contributed by atoms with Crippen LogP contribution in [0.4, 0.5) is 23.4 Å². The number of carbonyl (C=O) groups is 1. The number of anilines is 1. The Morgan fingerprint density at radius 3 is 2.50 bits per heavy atom. The highest BCUT2D eigenvalue weighted by Gasteiger charge is 2.47. The van der Waals surface area contributed by atoms with Crippen LogP contribution >= 0.6 is 11.6 Å². The van der Waals surface area contributed by atoms with E-state index in [1.165, 1.54) is 17.4 Å². The van der Waals surface area contributed by atoms with Crippen molar-refractivity contribution in [2.24, 2.45) is 0 Å². The Bertz CT molecular complexity index is 1470. The number of benzene rings is 3. The molecule has 0 saturated carbocycles. The molecule has 1 amide bonds. The molecule has 5 rings (SSSR count). The van der Waals surface area contributed by atoms with Crippen LogP contribution in [-0.4, -0.2) is 28.4 Å². The second kappa shape index (κ2) is 9.79. The van der Waals surface area contributed by atoms with Crippen molar-refractivity contribution in [1.29, 1.82) is 0 Å². The Morgan fingerprint density at radius 1 is 1.08 bits per heavy atom. The molecule has 196 valence electrons. The summed E-state index contributed by atoms with van der Waals surface area (Å²) in [6.45, 7) is 0.194. The SMILES string of the molecule is CC(F)(F)COc1cccc(-c2ccc3c(c2)C(Cl)(Cc2cc(F)cc(F)c2)C(=O)N(c2cnc[nH]2)C3)c1. The van der Waals surface area contributed by atoms with Crippen molar-refractivity contribution in [2.45, 2.75) is 30.7 Å². The van der Waals surface area contributed by atoms with Gasteiger partial charge in [0.05, 0.1) is 19.1 Å². The van der Waals surface area contributed by atoms with Crippen LogP contribution in [0.5, 0.6) is 5.75 Å². The highest BCUT2D eigenvalue weighted by molar-refractivity contribution is 6.37. The van der Waals surface area contributed by atoms with E-state index in [2.05, 4.69) is 9.97 Å². The van der Waals surface area contributed by atoms with E-state index in [4.69, 9.17) is 16.3 Å². The van der Waals surface area contributed by atoms with Gasteiger partial charge in [0.1, 0.15) is 23.2 Å². The van der Waals surface area contributed by atoms with Gasteiger partial charge in [-0.15, -0.1) is 11.6 Å². The van der Waals surface area contributed by atoms with Crippen molar-refractivity contribution >= 4 is 23.3 Å². The number of fused-ring (bicyclic) bond motifs is 1. The number of alkyl halides is 3. The fourth-order valence-corrected chi connectivity index (χ4v) is 5.00. The Labute approximate surface area is 221 Å². The van der Waals surface area contributed by atoms with E-state index in [1.54, 1.807) is 30.3 Å². The van der Waals surface area contributed by atoms with E-state index in [1.807, 2.05) is 12.1 Å². The summed E-state index contributed by atoms with van der Waals surface area (Å²) in [7, 11) is 0. The number of hydrogen-bond donors (Lipinski definition) is 1. The van der Waals surface area contributed by atoms with E-state index in [-0.39, 0.29) is 24.3 Å². The zero-order chi connectivity index (χ0) is 27.1. The van der Waals surface area contributed by atoms with Gasteiger partial charge >= 0.3 is 0 Å². The van der Waals surface area contributed by atoms with Gasteiger partial charge in [0, 0.05) is 19.4 Å². The molecule has 0 saturated heterocycles. The average Bonchev–Trinajstić information content (AvgIpc) is 3.39. The van der Waals surface area contributed by atoms with Gasteiger partial charge in [-0.05, 0) is 58.1 Å². The third-order valence-electron chi connectivity index (χ3n) is 6.25. The third kappa shape index (κ3) is 5.24. The van der Waals surface area contributed by atoms with Crippen LogP contribution in [0.15, 0.2) is 73.2 Å². The van der Waals surface area contributed by atoms with Gasteiger partial charge in [-0.1, -0.05) is 24.3 Å². The fourth-order valence-electron chi connectivity index (χ4n) is 4.57. The minimum atomic E-state index is -2.99. The molecule has 1 atom stereocenters. The molecule has 3 aromatic carbocycles. The van der Waals surface area contributed by atoms with Crippen LogP contribution < -0.4 is 9.64 Å². The minimum Gasteiger partial charge on any atom is -0.487 e. The van der Waals surface area contributed by atoms with E-state index in [9.17, 15) is 22.4 Å². The zero-order valence-electron chi connectivity index (χ0n) is 20.2. The molecule has 1 aliphatic rings. The van der Waals surface area contributed by atoms with Crippen LogP contribution in [-0.2, 0) is 22.6 Å². The molecule has 1 N–H and O–H groups in total. The van der Waals surface area contributed by atoms with Crippen LogP contribution in [0.3, 0.4) is 0 Å². The number of imidazole rings is 1. The number of rotatable bonds is 7. The predicted molar refractivity (Wildman–Crippen MR) is 135 cm³/mol. The number of aromatic amines is 1. The number of halogens is 5. The first-order chi connectivity index (χ1) is 18.0. The largest absolute Gasteiger partial charge is 0.487 e. The third-order valence-corrected chi connectivity index (χ3v) is 6.75. The molecule has 10 heteroatoms. The van der Waals surface area contributed by atoms with Gasteiger partial charge in [-0.25, -0.2) is 22.5 Å². The second-order valence-corrected chi connectivity index (χ2v) is 9.99. The molecule has 1 aliphatic heterocycles. The maximum Gasteiger partial charge on any atom is 0.278 e. The van der Waals surface area contributed by atoms with Crippen molar-refractivity contribution in [1.82, 2.24) is 9.97 Å². The number of hydrogen-bond acceptors (Lipinski definition) is 3. The average molecular weight is 544 g/mol. The number of ether oxygens (including phenoxy) is 1. The number of carbonyl (C=O) groups excluding carboxylic acids is 1. The van der Waals surface area contributed by atoms with Crippen molar-refractivity contribution in [3.8, 4) is 16.9 Å². The number of H-pyrrole nitrogens is 1. The highest BCUT2D eigenvalue weighted by Crippen LogP contribution is 2.44. The van der Waals surface area contributed by atoms with Gasteiger partial charge in [-0.2, -0.15) is 0 Å². The highest BCUT2D eigenvalue weighted by atomic mass is 35.5. The smallest absolute Gasteiger partial charge is 0.278 e. The van der Waals surface area contributed by atoms with E-state index in [0.29, 0.717) is 22.5 Å². The summed E-state index contributed by atoms with van der Waals surface area (Å²) in [5.74, 6) is -4.35. The summed E-state index contributed by atoms with van der Waals surface area (Å²) < 4.78 is 59.8. The Balaban J connectivity index is 1.57. The van der Waals surface area contributed by atoms with Crippen LogP contribution in [0.2, 0.25) is 0 Å². The summed E-state index contributed by atoms with van der Waals surface area (Å²) in [5.41, 5.74) is 2.74. The van der Waals surface area contributed by atoms with Gasteiger partial charge < -0.3 is 9.72 Å². The van der Waals surface area contributed by atoms with E-state index in [0.717, 1.165) is 30.7 Å². The summed E-state index contributed by atoms with van der Waals surface area (Å²) in [5, 5.41) is 0. The summed E-state index contributed by atoms with van der Waals surface area (Å²) in [6.07, 6.45) is 2.74. The number of nitrogens with one attached hydrogen (secondary N) is 1. The molecule has 0 bridgehead atoms. The molecular weight excluding hydrogens is 522 g/mol. The summed E-state index contributed by atoms with van der Waals surface area (Å²) in [4.78, 5) is 20.5. The molecule has 0 radical (unpaired) electrons. The monoisotopic (exact) mass is 543 g/mol. The normalized spacial score (nSPS) is 17.4. The van der Waals surface area contributed by atoms with Gasteiger partial charge in [-0.3, -0.25) is 9.69 Å². The van der Waals surface area contributed by atoms with E-state index < -0.39 is 34.9 Å². The predicted octanol–water partition coefficient (Wildman–Crippen LogP) is 6.61. The Kier molecular flexibility index (Phi) is 6.65. The zero-order valence-corrected chi connectivity index (χ0v) is 20.9. The molecular formula is C28H22ClF4N3O2. The van der Waals surface area contributed by atoms with Gasteiger partial charge in [0.15, 0.2) is 11.5 Å². The topological polar surface area (TPSA) is 58.2 Å². The molecule has 4 aromatic rings. The van der Waals surface area contributed by atoms with Crippen molar-refractivity contribution in [3.63, 3.8) is 0 Å². The standard InChI is InChI=1S/C28H22ClF4N3O2/c1-27(32,33)15-38-23-4-2-3-18(9-23)19-5-6-20-14-36(25-13-34-16-35-25)26(37)28(29,24(20)10-19)12-17-7-21(30)11-22(31)8-17/h2-11,13,16H,12,14-15H2,1H3,(H,34,35). The molecule has 0 aliphatic carbocycles. The van der Waals surface area contributed by atoms with Gasteiger partial charge in [0.25, 0.3) is 11.8 Å². The molecule has 2 heterocycles. The Hall–Kier alpha value is -3.85. The maximum atomic E-state index is 14.0. The lowest BCUT2D eigenvalue weighted by molar-refractivity contribution is -0.122. The second-order valence-electron chi connectivity index (χ2n) is 9.34. The lowest BCUT2D eigenvalue weighted by atomic mass is 9.82. The molecule has 38 heavy (non-hydrogen) atoms. The first-order valence-electron chi connectivity index (χ1n) is 11.7. The molecule has 0 fully saturated rings. The molecule has 1 aromatic heterocycles. The Morgan fingerprint density at radius 2 is 1.82 bits per heavy atom. The van der Waals surface area contributed by atoms with Crippen LogP contribution in [0.1, 0.15) is 23.6 Å². The summed E-state index contributed by atoms with van der Waals surface area (Å²) in [6, 6.07) is 15.1. The van der Waals surface area contributed by atoms with Crippen molar-refractivity contribution in [2.75, 3.05) is 11.5 Å². The van der Waals surface area contributed by atoms with Crippen LogP contribution in [0, 0.1) is 11.6 Å². The first kappa shape index (κ1) is 25.8. The van der Waals surface area contributed by atoms with Gasteiger partial charge in [0.2, 0.25) is 0 Å². The quantitative estimate of drug-likeness (QED) is 0.211. The number of aromatic nitrogens is 2. The fraction of sp³-hybridized carbons (Fsp3) is 0.214. The van der Waals surface area contributed by atoms with Crippen molar-refractivity contribution < 1.29 is 27.1 Å². The molecule has 5 nitrogen and oxygen atoms in total.